The van der Waals surface area contributed by atoms with Crippen LogP contribution in [-0.2, 0) is 4.74 Å². The van der Waals surface area contributed by atoms with Crippen molar-refractivity contribution >= 4 is 50.0 Å². The van der Waals surface area contributed by atoms with Crippen LogP contribution >= 0.6 is 11.3 Å². The van der Waals surface area contributed by atoms with Crippen LogP contribution in [0.15, 0.2) is 24.3 Å². The number of rotatable bonds is 5. The highest BCUT2D eigenvalue weighted by Gasteiger charge is 2.41. The topological polar surface area (TPSA) is 107 Å². The number of nitrogens with zero attached hydrogens (tertiary/aromatic N) is 6. The number of thiazole rings is 1. The van der Waals surface area contributed by atoms with E-state index < -0.39 is 0 Å². The molecular formula is C28H35N7O3S. The Morgan fingerprint density at radius 3 is 2.51 bits per heavy atom. The van der Waals surface area contributed by atoms with Crippen molar-refractivity contribution in [3.8, 4) is 0 Å². The SMILES string of the molecule is O=C(Nc1cc2sc(N3CCOCC3)nc2nc1N1CCCCC1)c1cccc(N2C3CCC2CC(O)C3)n1. The summed E-state index contributed by atoms with van der Waals surface area (Å²) in [5.74, 6) is 1.37. The van der Waals surface area contributed by atoms with E-state index in [1.54, 1.807) is 17.4 Å². The molecule has 4 saturated heterocycles. The van der Waals surface area contributed by atoms with Gasteiger partial charge in [0.05, 0.1) is 29.7 Å². The molecule has 4 aliphatic heterocycles. The number of aliphatic hydroxyl groups is 1. The second-order valence-corrected chi connectivity index (χ2v) is 12.1. The van der Waals surface area contributed by atoms with Gasteiger partial charge in [-0.1, -0.05) is 17.4 Å². The average Bonchev–Trinajstić information content (AvgIpc) is 3.51. The number of carbonyl (C=O) groups excluding carboxylic acids is 1. The monoisotopic (exact) mass is 549 g/mol. The summed E-state index contributed by atoms with van der Waals surface area (Å²) in [6, 6.07) is 8.27. The molecule has 0 aliphatic carbocycles. The van der Waals surface area contributed by atoms with Crippen LogP contribution in [-0.4, -0.2) is 83.5 Å². The molecule has 2 unspecified atom stereocenters. The van der Waals surface area contributed by atoms with Crippen LogP contribution in [0.3, 0.4) is 0 Å². The number of aliphatic hydroxyl groups excluding tert-OH is 1. The molecule has 7 heterocycles. The molecule has 7 rings (SSSR count). The van der Waals surface area contributed by atoms with Crippen molar-refractivity contribution in [1.29, 1.82) is 0 Å². The summed E-state index contributed by atoms with van der Waals surface area (Å²) in [5, 5.41) is 14.3. The van der Waals surface area contributed by atoms with E-state index in [4.69, 9.17) is 19.7 Å². The van der Waals surface area contributed by atoms with E-state index >= 15 is 0 Å². The van der Waals surface area contributed by atoms with Gasteiger partial charge >= 0.3 is 0 Å². The highest BCUT2D eigenvalue weighted by molar-refractivity contribution is 7.22. The number of aromatic nitrogens is 3. The highest BCUT2D eigenvalue weighted by atomic mass is 32.1. The molecule has 206 valence electrons. The van der Waals surface area contributed by atoms with E-state index in [0.717, 1.165) is 91.8 Å². The zero-order valence-corrected chi connectivity index (χ0v) is 22.9. The third-order valence-corrected chi connectivity index (χ3v) is 9.53. The van der Waals surface area contributed by atoms with Crippen molar-refractivity contribution in [1.82, 2.24) is 15.0 Å². The molecule has 2 atom stereocenters. The molecule has 4 fully saturated rings. The van der Waals surface area contributed by atoms with Gasteiger partial charge in [0, 0.05) is 38.3 Å². The lowest BCUT2D eigenvalue weighted by molar-refractivity contribution is 0.102. The summed E-state index contributed by atoms with van der Waals surface area (Å²) in [6.45, 7) is 4.88. The fraction of sp³-hybridized carbons (Fsp3) is 0.571. The Kier molecular flexibility index (Phi) is 6.73. The Hall–Kier alpha value is -3.02. The van der Waals surface area contributed by atoms with Gasteiger partial charge in [-0.3, -0.25) is 4.79 Å². The fourth-order valence-electron chi connectivity index (χ4n) is 6.57. The predicted octanol–water partition coefficient (Wildman–Crippen LogP) is 3.66. The Bertz CT molecular complexity index is 1340. The molecule has 39 heavy (non-hydrogen) atoms. The molecule has 10 nitrogen and oxygen atoms in total. The molecular weight excluding hydrogens is 514 g/mol. The number of piperidine rings is 2. The van der Waals surface area contributed by atoms with E-state index in [-0.39, 0.29) is 24.1 Å². The van der Waals surface area contributed by atoms with E-state index in [2.05, 4.69) is 20.0 Å². The van der Waals surface area contributed by atoms with Gasteiger partial charge in [-0.2, -0.15) is 4.98 Å². The Morgan fingerprint density at radius 1 is 0.974 bits per heavy atom. The summed E-state index contributed by atoms with van der Waals surface area (Å²) >= 11 is 1.61. The lowest BCUT2D eigenvalue weighted by atomic mass is 10.00. The van der Waals surface area contributed by atoms with Crippen molar-refractivity contribution < 1.29 is 14.6 Å². The number of ether oxygens (including phenoxy) is 1. The summed E-state index contributed by atoms with van der Waals surface area (Å²) in [6.07, 6.45) is 6.85. The van der Waals surface area contributed by atoms with Crippen LogP contribution in [0.5, 0.6) is 0 Å². The molecule has 4 aliphatic rings. The van der Waals surface area contributed by atoms with Crippen molar-refractivity contribution in [3.05, 3.63) is 30.0 Å². The molecule has 0 spiro atoms. The first kappa shape index (κ1) is 25.0. The predicted molar refractivity (Wildman–Crippen MR) is 153 cm³/mol. The summed E-state index contributed by atoms with van der Waals surface area (Å²) in [4.78, 5) is 35.1. The van der Waals surface area contributed by atoms with Gasteiger partial charge in [0.2, 0.25) is 0 Å². The first-order chi connectivity index (χ1) is 19.1. The summed E-state index contributed by atoms with van der Waals surface area (Å²) in [7, 11) is 0. The van der Waals surface area contributed by atoms with E-state index in [9.17, 15) is 9.90 Å². The smallest absolute Gasteiger partial charge is 0.274 e. The minimum Gasteiger partial charge on any atom is -0.393 e. The Morgan fingerprint density at radius 2 is 1.74 bits per heavy atom. The molecule has 11 heteroatoms. The van der Waals surface area contributed by atoms with Crippen LogP contribution in [0.1, 0.15) is 55.4 Å². The van der Waals surface area contributed by atoms with Crippen molar-refractivity contribution in [2.75, 3.05) is 59.4 Å². The number of hydrogen-bond donors (Lipinski definition) is 2. The normalized spacial score (nSPS) is 25.4. The van der Waals surface area contributed by atoms with Gasteiger partial charge < -0.3 is 29.9 Å². The molecule has 3 aromatic rings. The molecule has 3 aromatic heterocycles. The number of amides is 1. The zero-order valence-electron chi connectivity index (χ0n) is 22.1. The summed E-state index contributed by atoms with van der Waals surface area (Å²) < 4.78 is 6.47. The van der Waals surface area contributed by atoms with E-state index in [1.807, 2.05) is 18.2 Å². The van der Waals surface area contributed by atoms with Crippen molar-refractivity contribution in [3.63, 3.8) is 0 Å². The number of carbonyl (C=O) groups is 1. The minimum atomic E-state index is -0.239. The second-order valence-electron chi connectivity index (χ2n) is 11.1. The van der Waals surface area contributed by atoms with Gasteiger partial charge in [-0.05, 0) is 63.1 Å². The molecule has 0 aromatic carbocycles. The van der Waals surface area contributed by atoms with Crippen molar-refractivity contribution in [2.24, 2.45) is 0 Å². The maximum Gasteiger partial charge on any atom is 0.274 e. The number of nitrogens with one attached hydrogen (secondary N) is 1. The largest absolute Gasteiger partial charge is 0.393 e. The second kappa shape index (κ2) is 10.5. The van der Waals surface area contributed by atoms with Crippen LogP contribution in [0.4, 0.5) is 22.5 Å². The number of anilines is 4. The molecule has 1 amide bonds. The van der Waals surface area contributed by atoms with E-state index in [1.165, 1.54) is 6.42 Å². The molecule has 0 radical (unpaired) electrons. The molecule has 2 N–H and O–H groups in total. The fourth-order valence-corrected chi connectivity index (χ4v) is 7.57. The van der Waals surface area contributed by atoms with Gasteiger partial charge in [0.1, 0.15) is 11.5 Å². The van der Waals surface area contributed by atoms with Crippen LogP contribution < -0.4 is 20.0 Å². The third-order valence-electron chi connectivity index (χ3n) is 8.48. The standard InChI is InChI=1S/C28H35N7O3S/c36-20-15-18-7-8-19(16-20)35(18)24-6-4-5-21(29-24)27(37)30-22-17-23-25(31-26(22)33-9-2-1-3-10-33)32-28(39-23)34-11-13-38-14-12-34/h4-6,17-20,36H,1-3,7-16H2,(H,30,37). The number of pyridine rings is 2. The van der Waals surface area contributed by atoms with Gasteiger partial charge in [0.15, 0.2) is 16.6 Å². The maximum atomic E-state index is 13.6. The first-order valence-electron chi connectivity index (χ1n) is 14.3. The Balaban J connectivity index is 1.18. The number of morpholine rings is 1. The van der Waals surface area contributed by atoms with Crippen LogP contribution in [0.25, 0.3) is 10.3 Å². The summed E-state index contributed by atoms with van der Waals surface area (Å²) in [5.41, 5.74) is 1.82. The quantitative estimate of drug-likeness (QED) is 0.493. The van der Waals surface area contributed by atoms with Crippen LogP contribution in [0, 0.1) is 0 Å². The van der Waals surface area contributed by atoms with Crippen LogP contribution in [0.2, 0.25) is 0 Å². The minimum absolute atomic E-state index is 0.237. The molecule has 2 bridgehead atoms. The lowest BCUT2D eigenvalue weighted by Gasteiger charge is -2.38. The average molecular weight is 550 g/mol. The van der Waals surface area contributed by atoms with Gasteiger partial charge in [-0.25, -0.2) is 9.97 Å². The lowest BCUT2D eigenvalue weighted by Crippen LogP contribution is -2.45. The Labute approximate surface area is 232 Å². The first-order valence-corrected chi connectivity index (χ1v) is 15.1. The maximum absolute atomic E-state index is 13.6. The van der Waals surface area contributed by atoms with Gasteiger partial charge in [-0.15, -0.1) is 0 Å². The molecule has 0 saturated carbocycles. The third kappa shape index (κ3) is 4.92. The highest BCUT2D eigenvalue weighted by Crippen LogP contribution is 2.39. The number of hydrogen-bond acceptors (Lipinski definition) is 10. The zero-order chi connectivity index (χ0) is 26.3. The van der Waals surface area contributed by atoms with Gasteiger partial charge in [0.25, 0.3) is 5.91 Å². The van der Waals surface area contributed by atoms with E-state index in [0.29, 0.717) is 24.6 Å². The number of fused-ring (bicyclic) bond motifs is 3. The van der Waals surface area contributed by atoms with Crippen molar-refractivity contribution in [2.45, 2.75) is 63.1 Å².